The van der Waals surface area contributed by atoms with Gasteiger partial charge in [0.2, 0.25) is 0 Å². The zero-order chi connectivity index (χ0) is 12.6. The Morgan fingerprint density at radius 2 is 1.94 bits per heavy atom. The predicted molar refractivity (Wildman–Crippen MR) is 81.6 cm³/mol. The van der Waals surface area contributed by atoms with Gasteiger partial charge < -0.3 is 0 Å². The Bertz CT molecular complexity index is 531. The van der Waals surface area contributed by atoms with E-state index in [0.717, 1.165) is 18.7 Å². The summed E-state index contributed by atoms with van der Waals surface area (Å²) in [5, 5.41) is 0. The maximum Gasteiger partial charge on any atom is 0.128 e. The molecule has 0 saturated carbocycles. The maximum atomic E-state index is 13.8. The number of aryl methyl sites for hydroxylation is 1. The molecule has 0 saturated heterocycles. The molecule has 0 N–H and O–H groups in total. The van der Waals surface area contributed by atoms with Crippen LogP contribution in [-0.2, 0) is 0 Å². The van der Waals surface area contributed by atoms with Crippen molar-refractivity contribution >= 4 is 59.1 Å². The van der Waals surface area contributed by atoms with Crippen molar-refractivity contribution in [2.45, 2.75) is 11.8 Å². The quantitative estimate of drug-likeness (QED) is 0.485. The molecule has 0 amide bonds. The van der Waals surface area contributed by atoms with Crippen LogP contribution < -0.4 is 0 Å². The van der Waals surface area contributed by atoms with Gasteiger partial charge in [-0.1, -0.05) is 28.1 Å². The molecule has 0 aliphatic heterocycles. The van der Waals surface area contributed by atoms with Gasteiger partial charge in [-0.2, -0.15) is 0 Å². The van der Waals surface area contributed by atoms with E-state index in [2.05, 4.69) is 47.8 Å². The number of halogens is 4. The standard InChI is InChI=1S/C12H8Br3FS/c1-6-2-3-7(9(16)4-6)11(14)10-5-8(13)12(15)17-10/h2-5,11H,1H3. The van der Waals surface area contributed by atoms with Gasteiger partial charge >= 0.3 is 0 Å². The number of rotatable bonds is 2. The van der Waals surface area contributed by atoms with Gasteiger partial charge in [-0.05, 0) is 56.5 Å². The van der Waals surface area contributed by atoms with Crippen molar-refractivity contribution in [2.24, 2.45) is 0 Å². The molecular weight excluding hydrogens is 435 g/mol. The molecule has 90 valence electrons. The minimum absolute atomic E-state index is 0.115. The lowest BCUT2D eigenvalue weighted by atomic mass is 10.1. The van der Waals surface area contributed by atoms with Gasteiger partial charge in [0.05, 0.1) is 8.61 Å². The number of alkyl halides is 1. The molecule has 0 nitrogen and oxygen atoms in total. The van der Waals surface area contributed by atoms with Crippen LogP contribution >= 0.6 is 59.1 Å². The molecule has 17 heavy (non-hydrogen) atoms. The highest BCUT2D eigenvalue weighted by Crippen LogP contribution is 2.41. The van der Waals surface area contributed by atoms with Crippen molar-refractivity contribution in [3.05, 3.63) is 54.3 Å². The molecule has 2 aromatic rings. The Morgan fingerprint density at radius 3 is 2.47 bits per heavy atom. The highest BCUT2D eigenvalue weighted by Gasteiger charge is 2.18. The summed E-state index contributed by atoms with van der Waals surface area (Å²) in [6, 6.07) is 7.30. The third-order valence-corrected chi connectivity index (χ3v) is 6.95. The van der Waals surface area contributed by atoms with Gasteiger partial charge in [-0.15, -0.1) is 11.3 Å². The van der Waals surface area contributed by atoms with Crippen LogP contribution in [0.15, 0.2) is 32.5 Å². The second-order valence-electron chi connectivity index (χ2n) is 3.66. The summed E-state index contributed by atoms with van der Waals surface area (Å²) in [5.74, 6) is -0.174. The van der Waals surface area contributed by atoms with Crippen LogP contribution in [0.25, 0.3) is 0 Å². The van der Waals surface area contributed by atoms with Gasteiger partial charge in [0.1, 0.15) is 5.82 Å². The number of hydrogen-bond donors (Lipinski definition) is 0. The molecule has 2 rings (SSSR count). The average Bonchev–Trinajstić information content (AvgIpc) is 2.58. The fourth-order valence-corrected chi connectivity index (χ4v) is 4.35. The molecule has 1 unspecified atom stereocenters. The first-order valence-corrected chi connectivity index (χ1v) is 8.15. The first-order valence-electron chi connectivity index (χ1n) is 4.84. The molecule has 0 aliphatic rings. The van der Waals surface area contributed by atoms with Crippen molar-refractivity contribution in [3.8, 4) is 0 Å². The predicted octanol–water partition coefficient (Wildman–Crippen LogP) is 6.20. The van der Waals surface area contributed by atoms with Crippen molar-refractivity contribution in [1.82, 2.24) is 0 Å². The van der Waals surface area contributed by atoms with Crippen molar-refractivity contribution < 1.29 is 4.39 Å². The molecule has 1 atom stereocenters. The van der Waals surface area contributed by atoms with Crippen LogP contribution in [0.1, 0.15) is 20.8 Å². The fraction of sp³-hybridized carbons (Fsp3) is 0.167. The largest absolute Gasteiger partial charge is 0.207 e. The van der Waals surface area contributed by atoms with E-state index in [0.29, 0.717) is 5.56 Å². The van der Waals surface area contributed by atoms with E-state index in [-0.39, 0.29) is 10.6 Å². The van der Waals surface area contributed by atoms with Crippen molar-refractivity contribution in [2.75, 3.05) is 0 Å². The Balaban J connectivity index is 2.39. The van der Waals surface area contributed by atoms with E-state index in [1.54, 1.807) is 17.4 Å². The Kier molecular flexibility index (Phi) is 4.45. The van der Waals surface area contributed by atoms with Crippen molar-refractivity contribution in [3.63, 3.8) is 0 Å². The third kappa shape index (κ3) is 3.00. The lowest BCUT2D eigenvalue weighted by molar-refractivity contribution is 0.613. The summed E-state index contributed by atoms with van der Waals surface area (Å²) in [4.78, 5) is 0.946. The highest BCUT2D eigenvalue weighted by molar-refractivity contribution is 9.13. The van der Waals surface area contributed by atoms with Gasteiger partial charge in [0.15, 0.2) is 0 Å². The van der Waals surface area contributed by atoms with E-state index >= 15 is 0 Å². The molecule has 0 aliphatic carbocycles. The summed E-state index contributed by atoms with van der Waals surface area (Å²) in [5.41, 5.74) is 1.59. The summed E-state index contributed by atoms with van der Waals surface area (Å²) in [6.45, 7) is 1.88. The minimum Gasteiger partial charge on any atom is -0.207 e. The first-order chi connectivity index (χ1) is 7.99. The molecule has 1 aromatic carbocycles. The van der Waals surface area contributed by atoms with Crippen LogP contribution in [0.3, 0.4) is 0 Å². The van der Waals surface area contributed by atoms with Crippen molar-refractivity contribution in [1.29, 1.82) is 0 Å². The highest BCUT2D eigenvalue weighted by atomic mass is 79.9. The molecule has 0 spiro atoms. The second kappa shape index (κ2) is 5.51. The monoisotopic (exact) mass is 440 g/mol. The van der Waals surface area contributed by atoms with E-state index in [4.69, 9.17) is 0 Å². The average molecular weight is 443 g/mol. The summed E-state index contributed by atoms with van der Waals surface area (Å²) in [6.07, 6.45) is 0. The van der Waals surface area contributed by atoms with E-state index in [9.17, 15) is 4.39 Å². The molecule has 0 radical (unpaired) electrons. The van der Waals surface area contributed by atoms with E-state index in [1.165, 1.54) is 0 Å². The lowest BCUT2D eigenvalue weighted by Gasteiger charge is -2.09. The molecule has 1 heterocycles. The molecule has 5 heteroatoms. The molecule has 1 aromatic heterocycles. The second-order valence-corrected chi connectivity index (χ2v) is 7.83. The Hall–Kier alpha value is 0.290. The van der Waals surface area contributed by atoms with Gasteiger partial charge in [0, 0.05) is 14.9 Å². The fourth-order valence-electron chi connectivity index (χ4n) is 1.48. The summed E-state index contributed by atoms with van der Waals surface area (Å²) < 4.78 is 15.9. The smallest absolute Gasteiger partial charge is 0.128 e. The van der Waals surface area contributed by atoms with Crippen LogP contribution in [0.5, 0.6) is 0 Å². The molecular formula is C12H8Br3FS. The van der Waals surface area contributed by atoms with Gasteiger partial charge in [-0.3, -0.25) is 0 Å². The lowest BCUT2D eigenvalue weighted by Crippen LogP contribution is -1.94. The van der Waals surface area contributed by atoms with Gasteiger partial charge in [0.25, 0.3) is 0 Å². The summed E-state index contributed by atoms with van der Waals surface area (Å²) >= 11 is 12.0. The topological polar surface area (TPSA) is 0 Å². The third-order valence-electron chi connectivity index (χ3n) is 2.34. The minimum atomic E-state index is -0.174. The Morgan fingerprint density at radius 1 is 1.24 bits per heavy atom. The normalized spacial score (nSPS) is 12.8. The maximum absolute atomic E-state index is 13.8. The summed E-state index contributed by atoms with van der Waals surface area (Å²) in [7, 11) is 0. The molecule has 0 bridgehead atoms. The Labute approximate surface area is 129 Å². The zero-order valence-corrected chi connectivity index (χ0v) is 14.4. The first kappa shape index (κ1) is 13.7. The SMILES string of the molecule is Cc1ccc(C(Br)c2cc(Br)c(Br)s2)c(F)c1. The number of thiophene rings is 1. The van der Waals surface area contributed by atoms with Crippen LogP contribution in [0, 0.1) is 12.7 Å². The molecule has 0 fully saturated rings. The number of benzene rings is 1. The van der Waals surface area contributed by atoms with Crippen LogP contribution in [0.2, 0.25) is 0 Å². The zero-order valence-electron chi connectivity index (χ0n) is 8.81. The number of hydrogen-bond acceptors (Lipinski definition) is 1. The van der Waals surface area contributed by atoms with Crippen LogP contribution in [-0.4, -0.2) is 0 Å². The van der Waals surface area contributed by atoms with Gasteiger partial charge in [-0.25, -0.2) is 4.39 Å². The van der Waals surface area contributed by atoms with E-state index < -0.39 is 0 Å². The van der Waals surface area contributed by atoms with E-state index in [1.807, 2.05) is 25.1 Å². The van der Waals surface area contributed by atoms with Crippen LogP contribution in [0.4, 0.5) is 4.39 Å².